The summed E-state index contributed by atoms with van der Waals surface area (Å²) in [4.78, 5) is 30.7. The molecule has 1 aromatic heterocycles. The normalized spacial score (nSPS) is 11.5. The molecule has 0 saturated heterocycles. The number of carbonyl (C=O) groups is 1. The van der Waals surface area contributed by atoms with E-state index >= 15 is 0 Å². The Balaban J connectivity index is 1.80. The fourth-order valence-corrected chi connectivity index (χ4v) is 2.87. The molecule has 0 aliphatic heterocycles. The number of hydrazone groups is 1. The molecule has 1 heterocycles. The predicted octanol–water partition coefficient (Wildman–Crippen LogP) is 2.70. The van der Waals surface area contributed by atoms with Gasteiger partial charge in [-0.05, 0) is 30.7 Å². The number of nitrogens with zero attached hydrogens (tertiary/aromatic N) is 3. The van der Waals surface area contributed by atoms with E-state index in [0.717, 1.165) is 0 Å². The van der Waals surface area contributed by atoms with Gasteiger partial charge in [0.1, 0.15) is 11.6 Å². The Bertz CT molecular complexity index is 1260. The average molecular weight is 447 g/mol. The van der Waals surface area contributed by atoms with Gasteiger partial charge >= 0.3 is 5.97 Å². The smallest absolute Gasteiger partial charge is 0.346 e. The van der Waals surface area contributed by atoms with E-state index in [1.807, 2.05) is 12.1 Å². The number of methoxy groups -OCH3 is 2. The van der Waals surface area contributed by atoms with Crippen LogP contribution in [0.1, 0.15) is 18.1 Å². The monoisotopic (exact) mass is 447 g/mol. The highest BCUT2D eigenvalue weighted by molar-refractivity contribution is 5.81. The number of anilines is 1. The molecule has 2 aromatic carbocycles. The Hall–Kier alpha value is -4.65. The van der Waals surface area contributed by atoms with Crippen LogP contribution in [0.2, 0.25) is 0 Å². The van der Waals surface area contributed by atoms with Gasteiger partial charge in [-0.15, -0.1) is 0 Å². The Morgan fingerprint density at radius 1 is 1.21 bits per heavy atom. The Labute approximate surface area is 189 Å². The fourth-order valence-electron chi connectivity index (χ4n) is 2.87. The van der Waals surface area contributed by atoms with Crippen LogP contribution in [-0.2, 0) is 9.53 Å². The molecule has 0 bridgehead atoms. The molecule has 2 N–H and O–H groups in total. The van der Waals surface area contributed by atoms with Crippen LogP contribution in [0.25, 0.3) is 11.3 Å². The van der Waals surface area contributed by atoms with E-state index in [1.165, 1.54) is 20.4 Å². The number of H-pyrrole nitrogens is 1. The number of benzene rings is 2. The number of aromatic amines is 1. The number of hydrogen-bond donors (Lipinski definition) is 2. The van der Waals surface area contributed by atoms with Crippen molar-refractivity contribution in [2.45, 2.75) is 13.0 Å². The number of carbonyl (C=O) groups excluding carboxylic acids is 1. The number of nitrogens with one attached hydrogen (secondary N) is 2. The van der Waals surface area contributed by atoms with Crippen molar-refractivity contribution in [3.63, 3.8) is 0 Å². The van der Waals surface area contributed by atoms with Gasteiger partial charge in [-0.25, -0.2) is 15.2 Å². The van der Waals surface area contributed by atoms with Gasteiger partial charge < -0.3 is 14.2 Å². The molecule has 1 unspecified atom stereocenters. The lowest BCUT2D eigenvalue weighted by atomic mass is 10.1. The van der Waals surface area contributed by atoms with Crippen molar-refractivity contribution in [1.82, 2.24) is 9.97 Å². The molecule has 168 valence electrons. The Kier molecular flexibility index (Phi) is 7.39. The van der Waals surface area contributed by atoms with Crippen LogP contribution < -0.4 is 20.5 Å². The largest absolute Gasteiger partial charge is 0.493 e. The minimum atomic E-state index is -0.803. The summed E-state index contributed by atoms with van der Waals surface area (Å²) < 4.78 is 15.5. The molecule has 0 aliphatic carbocycles. The van der Waals surface area contributed by atoms with Crippen molar-refractivity contribution in [3.05, 3.63) is 70.0 Å². The average Bonchev–Trinajstić information content (AvgIpc) is 2.84. The second kappa shape index (κ2) is 10.6. The van der Waals surface area contributed by atoms with E-state index in [2.05, 4.69) is 25.2 Å². The highest BCUT2D eigenvalue weighted by Gasteiger charge is 2.17. The maximum Gasteiger partial charge on any atom is 0.346 e. The van der Waals surface area contributed by atoms with Crippen molar-refractivity contribution in [3.8, 4) is 28.8 Å². The second-order valence-electron chi connectivity index (χ2n) is 6.68. The van der Waals surface area contributed by atoms with Crippen LogP contribution in [0, 0.1) is 11.3 Å². The van der Waals surface area contributed by atoms with E-state index < -0.39 is 17.6 Å². The number of hydrogen-bond acceptors (Lipinski definition) is 9. The van der Waals surface area contributed by atoms with Crippen LogP contribution in [0.5, 0.6) is 11.5 Å². The summed E-state index contributed by atoms with van der Waals surface area (Å²) in [6.45, 7) is 1.57. The van der Waals surface area contributed by atoms with Crippen LogP contribution in [0.4, 0.5) is 5.95 Å². The summed E-state index contributed by atoms with van der Waals surface area (Å²) in [6.07, 6.45) is 0.680. The summed E-state index contributed by atoms with van der Waals surface area (Å²) in [5.74, 6) is 0.329. The van der Waals surface area contributed by atoms with Crippen LogP contribution in [-0.4, -0.2) is 42.5 Å². The number of rotatable bonds is 8. The first kappa shape index (κ1) is 23.0. The predicted molar refractivity (Wildman–Crippen MR) is 121 cm³/mol. The third kappa shape index (κ3) is 5.54. The molecule has 3 rings (SSSR count). The molecule has 0 fully saturated rings. The lowest BCUT2D eigenvalue weighted by Crippen LogP contribution is -2.25. The van der Waals surface area contributed by atoms with Gasteiger partial charge in [-0.2, -0.15) is 10.4 Å². The van der Waals surface area contributed by atoms with Gasteiger partial charge in [0.15, 0.2) is 17.6 Å². The first-order valence-electron chi connectivity index (χ1n) is 9.78. The third-order valence-corrected chi connectivity index (χ3v) is 4.49. The van der Waals surface area contributed by atoms with Crippen molar-refractivity contribution >= 4 is 18.1 Å². The standard InChI is InChI=1S/C23H21N5O5/c1-14(22(30)32-3)33-18-10-9-15(11-19(18)31-2)13-25-28-23-26-20(16-7-5-4-6-8-16)17(12-24)21(29)27-23/h4-11,13-14H,1-3H3,(H2,26,27,28,29). The first-order valence-corrected chi connectivity index (χ1v) is 9.78. The minimum absolute atomic E-state index is 0.0768. The molecule has 0 radical (unpaired) electrons. The molecular formula is C23H21N5O5. The van der Waals surface area contributed by atoms with Gasteiger partial charge in [0.25, 0.3) is 5.56 Å². The first-order chi connectivity index (χ1) is 16.0. The molecule has 33 heavy (non-hydrogen) atoms. The number of ether oxygens (including phenoxy) is 3. The summed E-state index contributed by atoms with van der Waals surface area (Å²) >= 11 is 0. The van der Waals surface area contributed by atoms with Crippen LogP contribution in [0.15, 0.2) is 58.4 Å². The van der Waals surface area contributed by atoms with E-state index in [9.17, 15) is 14.9 Å². The molecule has 0 aliphatic rings. The molecule has 0 spiro atoms. The quantitative estimate of drug-likeness (QED) is 0.305. The van der Waals surface area contributed by atoms with E-state index in [0.29, 0.717) is 22.6 Å². The Morgan fingerprint density at radius 2 is 1.97 bits per heavy atom. The summed E-state index contributed by atoms with van der Waals surface area (Å²) in [5.41, 5.74) is 3.53. The zero-order valence-corrected chi connectivity index (χ0v) is 18.2. The molecule has 10 nitrogen and oxygen atoms in total. The summed E-state index contributed by atoms with van der Waals surface area (Å²) in [7, 11) is 2.76. The van der Waals surface area contributed by atoms with Crippen molar-refractivity contribution in [2.24, 2.45) is 5.10 Å². The fraction of sp³-hybridized carbons (Fsp3) is 0.174. The molecule has 0 saturated carbocycles. The molecule has 0 amide bonds. The molecule has 1 atom stereocenters. The van der Waals surface area contributed by atoms with E-state index in [1.54, 1.807) is 49.4 Å². The maximum atomic E-state index is 12.3. The van der Waals surface area contributed by atoms with Crippen molar-refractivity contribution in [1.29, 1.82) is 5.26 Å². The second-order valence-corrected chi connectivity index (χ2v) is 6.68. The van der Waals surface area contributed by atoms with Gasteiger partial charge in [0, 0.05) is 5.56 Å². The maximum absolute atomic E-state index is 12.3. The number of nitriles is 1. The van der Waals surface area contributed by atoms with Gasteiger partial charge in [0.05, 0.1) is 26.1 Å². The lowest BCUT2D eigenvalue weighted by molar-refractivity contribution is -0.147. The van der Waals surface area contributed by atoms with Gasteiger partial charge in [-0.3, -0.25) is 9.78 Å². The minimum Gasteiger partial charge on any atom is -0.493 e. The zero-order chi connectivity index (χ0) is 23.8. The lowest BCUT2D eigenvalue weighted by Gasteiger charge is -2.15. The van der Waals surface area contributed by atoms with E-state index in [4.69, 9.17) is 9.47 Å². The van der Waals surface area contributed by atoms with Crippen LogP contribution >= 0.6 is 0 Å². The van der Waals surface area contributed by atoms with Gasteiger partial charge in [-0.1, -0.05) is 30.3 Å². The summed E-state index contributed by atoms with van der Waals surface area (Å²) in [6, 6.07) is 15.8. The third-order valence-electron chi connectivity index (χ3n) is 4.49. The number of esters is 1. The van der Waals surface area contributed by atoms with Gasteiger partial charge in [0.2, 0.25) is 5.95 Å². The molecule has 10 heteroatoms. The van der Waals surface area contributed by atoms with E-state index in [-0.39, 0.29) is 17.2 Å². The zero-order valence-electron chi connectivity index (χ0n) is 18.2. The Morgan fingerprint density at radius 3 is 2.64 bits per heavy atom. The SMILES string of the molecule is COC(=O)C(C)Oc1ccc(C=NNc2nc(-c3ccccc3)c(C#N)c(=O)[nH]2)cc1OC. The highest BCUT2D eigenvalue weighted by Crippen LogP contribution is 2.28. The van der Waals surface area contributed by atoms with Crippen LogP contribution in [0.3, 0.4) is 0 Å². The highest BCUT2D eigenvalue weighted by atomic mass is 16.6. The summed E-state index contributed by atoms with van der Waals surface area (Å²) in [5, 5.41) is 13.4. The topological polar surface area (TPSA) is 139 Å². The number of aromatic nitrogens is 2. The molecule has 3 aromatic rings. The van der Waals surface area contributed by atoms with Crippen molar-refractivity contribution < 1.29 is 19.0 Å². The van der Waals surface area contributed by atoms with Crippen molar-refractivity contribution in [2.75, 3.05) is 19.6 Å². The molecular weight excluding hydrogens is 426 g/mol.